The number of ether oxygens (including phenoxy) is 1. The molecule has 0 saturated heterocycles. The second-order valence-electron chi connectivity index (χ2n) is 9.93. The molecule has 29 heavy (non-hydrogen) atoms. The van der Waals surface area contributed by atoms with E-state index in [2.05, 4.69) is 31.0 Å². The van der Waals surface area contributed by atoms with Crippen LogP contribution in [-0.4, -0.2) is 11.6 Å². The van der Waals surface area contributed by atoms with Crippen LogP contribution >= 0.6 is 0 Å². The van der Waals surface area contributed by atoms with E-state index in [1.807, 2.05) is 6.20 Å². The van der Waals surface area contributed by atoms with Crippen molar-refractivity contribution in [1.29, 1.82) is 0 Å². The molecule has 2 nitrogen and oxygen atoms in total. The van der Waals surface area contributed by atoms with Crippen LogP contribution in [0.1, 0.15) is 109 Å². The molecule has 1 aromatic heterocycles. The Hall–Kier alpha value is -1.05. The summed E-state index contributed by atoms with van der Waals surface area (Å²) in [6, 6.07) is 4.30. The van der Waals surface area contributed by atoms with Gasteiger partial charge in [-0.15, -0.1) is 0 Å². The van der Waals surface area contributed by atoms with E-state index in [-0.39, 0.29) is 0 Å². The van der Waals surface area contributed by atoms with Crippen LogP contribution in [0.15, 0.2) is 18.3 Å². The third-order valence-corrected chi connectivity index (χ3v) is 7.85. The number of rotatable bonds is 11. The Kier molecular flexibility index (Phi) is 9.83. The molecule has 0 bridgehead atoms. The number of pyridine rings is 1. The van der Waals surface area contributed by atoms with Gasteiger partial charge in [0.05, 0.1) is 12.8 Å². The number of nitrogens with zero attached hydrogens (tertiary/aromatic N) is 1. The summed E-state index contributed by atoms with van der Waals surface area (Å²) in [6.45, 7) is 5.52. The van der Waals surface area contributed by atoms with Gasteiger partial charge in [0.25, 0.3) is 0 Å². The van der Waals surface area contributed by atoms with Gasteiger partial charge in [0.2, 0.25) is 0 Å². The van der Waals surface area contributed by atoms with Crippen LogP contribution in [0.2, 0.25) is 0 Å². The Balaban J connectivity index is 1.30. The largest absolute Gasteiger partial charge is 0.492 e. The zero-order chi connectivity index (χ0) is 20.3. The molecule has 1 heterocycles. The monoisotopic (exact) mass is 399 g/mol. The highest BCUT2D eigenvalue weighted by molar-refractivity contribution is 5.20. The van der Waals surface area contributed by atoms with Gasteiger partial charge in [0.1, 0.15) is 5.75 Å². The van der Waals surface area contributed by atoms with Gasteiger partial charge in [0.15, 0.2) is 0 Å². The van der Waals surface area contributed by atoms with E-state index >= 15 is 0 Å². The molecule has 2 heteroatoms. The van der Waals surface area contributed by atoms with Gasteiger partial charge in [-0.05, 0) is 87.2 Å². The third kappa shape index (κ3) is 7.61. The van der Waals surface area contributed by atoms with E-state index in [4.69, 9.17) is 4.74 Å². The SMILES string of the molecule is CCCCCCCc1ccc(OCC2CCC(C3CCC(CC)CC3)CC2)cn1. The first-order valence-electron chi connectivity index (χ1n) is 12.9. The van der Waals surface area contributed by atoms with Gasteiger partial charge in [0, 0.05) is 5.69 Å². The highest BCUT2D eigenvalue weighted by atomic mass is 16.5. The van der Waals surface area contributed by atoms with Crippen LogP contribution in [0.3, 0.4) is 0 Å². The lowest BCUT2D eigenvalue weighted by atomic mass is 9.69. The fourth-order valence-corrected chi connectivity index (χ4v) is 5.66. The maximum absolute atomic E-state index is 6.10. The molecule has 0 radical (unpaired) electrons. The van der Waals surface area contributed by atoms with Crippen molar-refractivity contribution in [2.45, 2.75) is 110 Å². The van der Waals surface area contributed by atoms with E-state index in [1.165, 1.54) is 95.6 Å². The third-order valence-electron chi connectivity index (χ3n) is 7.85. The summed E-state index contributed by atoms with van der Waals surface area (Å²) in [4.78, 5) is 4.62. The Morgan fingerprint density at radius 3 is 2.03 bits per heavy atom. The smallest absolute Gasteiger partial charge is 0.137 e. The van der Waals surface area contributed by atoms with Crippen LogP contribution in [0.25, 0.3) is 0 Å². The average molecular weight is 400 g/mol. The predicted octanol–water partition coefficient (Wildman–Crippen LogP) is 8.00. The second kappa shape index (κ2) is 12.6. The number of unbranched alkanes of at least 4 members (excludes halogenated alkanes) is 4. The molecule has 0 N–H and O–H groups in total. The van der Waals surface area contributed by atoms with E-state index in [9.17, 15) is 0 Å². The Labute approximate surface area is 180 Å². The van der Waals surface area contributed by atoms with Gasteiger partial charge in [-0.25, -0.2) is 0 Å². The zero-order valence-electron chi connectivity index (χ0n) is 19.2. The molecule has 0 aromatic carbocycles. The fraction of sp³-hybridized carbons (Fsp3) is 0.815. The van der Waals surface area contributed by atoms with Crippen molar-refractivity contribution in [3.63, 3.8) is 0 Å². The molecule has 2 aliphatic carbocycles. The van der Waals surface area contributed by atoms with Gasteiger partial charge >= 0.3 is 0 Å². The van der Waals surface area contributed by atoms with Crippen molar-refractivity contribution in [3.8, 4) is 5.75 Å². The Morgan fingerprint density at radius 1 is 0.793 bits per heavy atom. The molecule has 1 aromatic rings. The molecule has 0 atom stereocenters. The average Bonchev–Trinajstić information content (AvgIpc) is 2.79. The normalized spacial score (nSPS) is 27.7. The van der Waals surface area contributed by atoms with E-state index in [0.717, 1.165) is 42.4 Å². The predicted molar refractivity (Wildman–Crippen MR) is 123 cm³/mol. The molecule has 3 rings (SSSR count). The van der Waals surface area contributed by atoms with Crippen molar-refractivity contribution >= 4 is 0 Å². The van der Waals surface area contributed by atoms with Crippen molar-refractivity contribution in [1.82, 2.24) is 4.98 Å². The lowest BCUT2D eigenvalue weighted by Gasteiger charge is -2.37. The van der Waals surface area contributed by atoms with Crippen LogP contribution in [-0.2, 0) is 6.42 Å². The van der Waals surface area contributed by atoms with Gasteiger partial charge in [-0.1, -0.05) is 58.8 Å². The molecule has 2 aliphatic rings. The summed E-state index contributed by atoms with van der Waals surface area (Å²) in [5.74, 6) is 4.76. The lowest BCUT2D eigenvalue weighted by molar-refractivity contribution is 0.123. The molecule has 2 saturated carbocycles. The summed E-state index contributed by atoms with van der Waals surface area (Å²) < 4.78 is 6.10. The van der Waals surface area contributed by atoms with E-state index in [0.29, 0.717) is 0 Å². The van der Waals surface area contributed by atoms with Crippen molar-refractivity contribution in [2.75, 3.05) is 6.61 Å². The Bertz CT molecular complexity index is 538. The maximum atomic E-state index is 6.10. The van der Waals surface area contributed by atoms with Crippen molar-refractivity contribution < 1.29 is 4.74 Å². The maximum Gasteiger partial charge on any atom is 0.137 e. The molecular weight excluding hydrogens is 354 g/mol. The topological polar surface area (TPSA) is 22.1 Å². The van der Waals surface area contributed by atoms with Crippen LogP contribution < -0.4 is 4.74 Å². The van der Waals surface area contributed by atoms with E-state index < -0.39 is 0 Å². The quantitative estimate of drug-likeness (QED) is 0.352. The molecule has 0 aliphatic heterocycles. The summed E-state index contributed by atoms with van der Waals surface area (Å²) >= 11 is 0. The molecular formula is C27H45NO. The summed E-state index contributed by atoms with van der Waals surface area (Å²) in [6.07, 6.45) is 22.7. The van der Waals surface area contributed by atoms with Crippen LogP contribution in [0.5, 0.6) is 5.75 Å². The first-order chi connectivity index (χ1) is 14.3. The number of hydrogen-bond acceptors (Lipinski definition) is 2. The van der Waals surface area contributed by atoms with Gasteiger partial charge < -0.3 is 4.74 Å². The standard InChI is InChI=1S/C27H45NO/c1-3-5-6-7-8-9-26-18-19-27(20-28-26)29-21-23-12-16-25(17-13-23)24-14-10-22(4-2)11-15-24/h18-20,22-25H,3-17,21H2,1-2H3. The molecule has 0 unspecified atom stereocenters. The number of hydrogen-bond donors (Lipinski definition) is 0. The highest BCUT2D eigenvalue weighted by Crippen LogP contribution is 2.42. The number of aryl methyl sites for hydroxylation is 1. The number of aromatic nitrogens is 1. The molecule has 0 spiro atoms. The van der Waals surface area contributed by atoms with Crippen molar-refractivity contribution in [3.05, 3.63) is 24.0 Å². The summed E-state index contributed by atoms with van der Waals surface area (Å²) in [5.41, 5.74) is 1.21. The lowest BCUT2D eigenvalue weighted by Crippen LogP contribution is -2.27. The second-order valence-corrected chi connectivity index (χ2v) is 9.93. The molecule has 2 fully saturated rings. The van der Waals surface area contributed by atoms with E-state index in [1.54, 1.807) is 0 Å². The molecule has 164 valence electrons. The van der Waals surface area contributed by atoms with Crippen LogP contribution in [0.4, 0.5) is 0 Å². The summed E-state index contributed by atoms with van der Waals surface area (Å²) in [5, 5.41) is 0. The zero-order valence-corrected chi connectivity index (χ0v) is 19.2. The fourth-order valence-electron chi connectivity index (χ4n) is 5.66. The van der Waals surface area contributed by atoms with Gasteiger partial charge in [-0.3, -0.25) is 4.98 Å². The van der Waals surface area contributed by atoms with Crippen LogP contribution in [0, 0.1) is 23.7 Å². The first-order valence-corrected chi connectivity index (χ1v) is 12.9. The minimum atomic E-state index is 0.747. The molecule has 0 amide bonds. The minimum Gasteiger partial charge on any atom is -0.492 e. The van der Waals surface area contributed by atoms with Crippen molar-refractivity contribution in [2.24, 2.45) is 23.7 Å². The van der Waals surface area contributed by atoms with Gasteiger partial charge in [-0.2, -0.15) is 0 Å². The first kappa shape index (κ1) is 22.6. The highest BCUT2D eigenvalue weighted by Gasteiger charge is 2.30. The Morgan fingerprint density at radius 2 is 1.45 bits per heavy atom. The minimum absolute atomic E-state index is 0.747. The summed E-state index contributed by atoms with van der Waals surface area (Å²) in [7, 11) is 0.